The zero-order chi connectivity index (χ0) is 19.1. The Bertz CT molecular complexity index is 1250. The molecular weight excluding hydrogens is 376 g/mol. The molecule has 28 heavy (non-hydrogen) atoms. The van der Waals surface area contributed by atoms with Crippen molar-refractivity contribution in [2.75, 3.05) is 18.0 Å². The Morgan fingerprint density at radius 2 is 1.93 bits per heavy atom. The zero-order valence-corrected chi connectivity index (χ0v) is 15.7. The smallest absolute Gasteiger partial charge is 0.351 e. The molecule has 4 aromatic rings. The van der Waals surface area contributed by atoms with Gasteiger partial charge in [-0.3, -0.25) is 0 Å². The summed E-state index contributed by atoms with van der Waals surface area (Å²) in [4.78, 5) is 31.6. The van der Waals surface area contributed by atoms with Gasteiger partial charge in [-0.2, -0.15) is 0 Å². The van der Waals surface area contributed by atoms with E-state index in [1.165, 1.54) is 18.9 Å². The highest BCUT2D eigenvalue weighted by atomic mass is 32.1. The van der Waals surface area contributed by atoms with Gasteiger partial charge in [-0.05, 0) is 37.1 Å². The number of carbonyl (C=O) groups excluding carboxylic acids is 1. The molecule has 140 valence electrons. The minimum Gasteiger partial charge on any atom is -0.423 e. The molecule has 0 atom stereocenters. The van der Waals surface area contributed by atoms with Crippen molar-refractivity contribution in [3.8, 4) is 5.75 Å². The lowest BCUT2D eigenvalue weighted by Crippen LogP contribution is -2.18. The number of para-hydroxylation sites is 1. The topological polar surface area (TPSA) is 72.6 Å². The molecule has 0 N–H and O–H groups in total. The van der Waals surface area contributed by atoms with E-state index < -0.39 is 11.6 Å². The monoisotopic (exact) mass is 392 g/mol. The first-order chi connectivity index (χ1) is 13.7. The van der Waals surface area contributed by atoms with Crippen LogP contribution >= 0.6 is 11.3 Å². The molecule has 1 saturated heterocycles. The van der Waals surface area contributed by atoms with Gasteiger partial charge in [-0.15, -0.1) is 0 Å². The number of aromatic nitrogens is 1. The molecule has 0 radical (unpaired) electrons. The van der Waals surface area contributed by atoms with Crippen LogP contribution in [0.25, 0.3) is 21.2 Å². The molecule has 1 aliphatic rings. The highest BCUT2D eigenvalue weighted by Crippen LogP contribution is 2.33. The van der Waals surface area contributed by atoms with E-state index >= 15 is 0 Å². The molecular formula is C21H16N2O4S. The standard InChI is InChI=1S/C21H16N2O4S/c24-19(15-11-13-5-1-2-6-17(13)27-20(15)25)26-14-7-8-16-18(12-14)28-21(22-16)23-9-3-4-10-23/h1-2,5-8,11-12H,3-4,9-10H2. The van der Waals surface area contributed by atoms with Crippen molar-refractivity contribution in [2.24, 2.45) is 0 Å². The number of carbonyl (C=O) groups is 1. The fraction of sp³-hybridized carbons (Fsp3) is 0.190. The number of benzene rings is 2. The number of ether oxygens (including phenoxy) is 1. The Balaban J connectivity index is 1.43. The summed E-state index contributed by atoms with van der Waals surface area (Å²) in [5.41, 5.74) is 0.473. The van der Waals surface area contributed by atoms with E-state index in [-0.39, 0.29) is 5.56 Å². The first-order valence-electron chi connectivity index (χ1n) is 9.08. The summed E-state index contributed by atoms with van der Waals surface area (Å²) in [7, 11) is 0. The number of fused-ring (bicyclic) bond motifs is 2. The lowest BCUT2D eigenvalue weighted by atomic mass is 10.2. The van der Waals surface area contributed by atoms with Gasteiger partial charge in [0.15, 0.2) is 5.13 Å². The summed E-state index contributed by atoms with van der Waals surface area (Å²) in [5.74, 6) is -0.357. The van der Waals surface area contributed by atoms with Gasteiger partial charge in [-0.25, -0.2) is 14.6 Å². The maximum Gasteiger partial charge on any atom is 0.351 e. The van der Waals surface area contributed by atoms with Crippen molar-refractivity contribution >= 4 is 43.6 Å². The molecule has 0 saturated carbocycles. The van der Waals surface area contributed by atoms with Gasteiger partial charge < -0.3 is 14.1 Å². The number of hydrogen-bond donors (Lipinski definition) is 0. The maximum absolute atomic E-state index is 12.5. The zero-order valence-electron chi connectivity index (χ0n) is 14.9. The van der Waals surface area contributed by atoms with E-state index in [0.717, 1.165) is 28.4 Å². The second-order valence-electron chi connectivity index (χ2n) is 6.70. The van der Waals surface area contributed by atoms with Gasteiger partial charge in [0.25, 0.3) is 0 Å². The summed E-state index contributed by atoms with van der Waals surface area (Å²) in [6.07, 6.45) is 2.38. The van der Waals surface area contributed by atoms with Crippen LogP contribution in [0.15, 0.2) is 57.7 Å². The average Bonchev–Trinajstić information content (AvgIpc) is 3.36. The van der Waals surface area contributed by atoms with E-state index in [1.54, 1.807) is 41.7 Å². The van der Waals surface area contributed by atoms with Crippen LogP contribution < -0.4 is 15.3 Å². The molecule has 1 aliphatic heterocycles. The number of nitrogens with zero attached hydrogens (tertiary/aromatic N) is 2. The van der Waals surface area contributed by atoms with Crippen LogP contribution in [0.3, 0.4) is 0 Å². The molecule has 5 rings (SSSR count). The van der Waals surface area contributed by atoms with Crippen molar-refractivity contribution in [1.29, 1.82) is 0 Å². The van der Waals surface area contributed by atoms with Crippen LogP contribution in [0.5, 0.6) is 5.75 Å². The minimum atomic E-state index is -0.733. The molecule has 2 aromatic carbocycles. The quantitative estimate of drug-likeness (QED) is 0.295. The number of thiazole rings is 1. The van der Waals surface area contributed by atoms with Crippen molar-refractivity contribution in [3.05, 3.63) is 64.5 Å². The fourth-order valence-corrected chi connectivity index (χ4v) is 4.41. The van der Waals surface area contributed by atoms with E-state index in [9.17, 15) is 9.59 Å². The normalized spacial score (nSPS) is 14.1. The summed E-state index contributed by atoms with van der Waals surface area (Å²) < 4.78 is 11.6. The third-order valence-corrected chi connectivity index (χ3v) is 5.88. The first kappa shape index (κ1) is 16.9. The molecule has 1 fully saturated rings. The third-order valence-electron chi connectivity index (χ3n) is 4.80. The molecule has 0 bridgehead atoms. The minimum absolute atomic E-state index is 0.124. The highest BCUT2D eigenvalue weighted by molar-refractivity contribution is 7.22. The van der Waals surface area contributed by atoms with Crippen LogP contribution in [0, 0.1) is 0 Å². The highest BCUT2D eigenvalue weighted by Gasteiger charge is 2.19. The van der Waals surface area contributed by atoms with Crippen LogP contribution in [0.1, 0.15) is 23.2 Å². The predicted octanol–water partition coefficient (Wildman–Crippen LogP) is 4.22. The molecule has 7 heteroatoms. The average molecular weight is 392 g/mol. The molecule has 2 aromatic heterocycles. The van der Waals surface area contributed by atoms with Gasteiger partial charge in [0.1, 0.15) is 16.9 Å². The second kappa shape index (κ2) is 6.76. The molecule has 0 unspecified atom stereocenters. The first-order valence-corrected chi connectivity index (χ1v) is 9.90. The van der Waals surface area contributed by atoms with Crippen molar-refractivity contribution < 1.29 is 13.9 Å². The van der Waals surface area contributed by atoms with Crippen molar-refractivity contribution in [2.45, 2.75) is 12.8 Å². The Labute approximate surface area is 164 Å². The van der Waals surface area contributed by atoms with E-state index in [4.69, 9.17) is 9.15 Å². The SMILES string of the molecule is O=C(Oc1ccc2nc(N3CCCC3)sc2c1)c1cc2ccccc2oc1=O. The fourth-order valence-electron chi connectivity index (χ4n) is 3.37. The lowest BCUT2D eigenvalue weighted by Gasteiger charge is -2.11. The number of anilines is 1. The van der Waals surface area contributed by atoms with E-state index in [2.05, 4.69) is 9.88 Å². The Morgan fingerprint density at radius 3 is 2.79 bits per heavy atom. The molecule has 0 spiro atoms. The predicted molar refractivity (Wildman–Crippen MR) is 109 cm³/mol. The molecule has 0 amide bonds. The summed E-state index contributed by atoms with van der Waals surface area (Å²) in [6.45, 7) is 2.05. The van der Waals surface area contributed by atoms with Gasteiger partial charge in [-0.1, -0.05) is 29.5 Å². The molecule has 6 nitrogen and oxygen atoms in total. The number of hydrogen-bond acceptors (Lipinski definition) is 7. The third kappa shape index (κ3) is 3.03. The summed E-state index contributed by atoms with van der Waals surface area (Å²) >= 11 is 1.58. The van der Waals surface area contributed by atoms with Crippen LogP contribution in [0.2, 0.25) is 0 Å². The summed E-state index contributed by atoms with van der Waals surface area (Å²) in [5, 5.41) is 1.66. The van der Waals surface area contributed by atoms with Gasteiger partial charge in [0.05, 0.1) is 10.2 Å². The molecule has 3 heterocycles. The van der Waals surface area contributed by atoms with Crippen molar-refractivity contribution in [3.63, 3.8) is 0 Å². The van der Waals surface area contributed by atoms with Gasteiger partial charge in [0.2, 0.25) is 0 Å². The lowest BCUT2D eigenvalue weighted by molar-refractivity contribution is 0.0731. The number of esters is 1. The Morgan fingerprint density at radius 1 is 1.11 bits per heavy atom. The maximum atomic E-state index is 12.5. The Kier molecular flexibility index (Phi) is 4.09. The van der Waals surface area contributed by atoms with E-state index in [1.807, 2.05) is 12.1 Å². The molecule has 0 aliphatic carbocycles. The Hall–Kier alpha value is -3.19. The number of rotatable bonds is 3. The van der Waals surface area contributed by atoms with Crippen LogP contribution in [-0.4, -0.2) is 24.0 Å². The van der Waals surface area contributed by atoms with E-state index in [0.29, 0.717) is 16.7 Å². The second-order valence-corrected chi connectivity index (χ2v) is 7.70. The van der Waals surface area contributed by atoms with Gasteiger partial charge >= 0.3 is 11.6 Å². The van der Waals surface area contributed by atoms with Crippen LogP contribution in [-0.2, 0) is 0 Å². The largest absolute Gasteiger partial charge is 0.423 e. The summed E-state index contributed by atoms with van der Waals surface area (Å²) in [6, 6.07) is 13.8. The van der Waals surface area contributed by atoms with Crippen molar-refractivity contribution in [1.82, 2.24) is 4.98 Å². The van der Waals surface area contributed by atoms with Gasteiger partial charge in [0, 0.05) is 24.5 Å². The van der Waals surface area contributed by atoms with Crippen LogP contribution in [0.4, 0.5) is 5.13 Å².